The van der Waals surface area contributed by atoms with E-state index in [1.54, 1.807) is 36.4 Å². The largest absolute Gasteiger partial charge is 0.491 e. The van der Waals surface area contributed by atoms with Gasteiger partial charge in [0, 0.05) is 25.7 Å². The Hall–Kier alpha value is -6.92. The lowest BCUT2D eigenvalue weighted by Crippen LogP contribution is -2.53. The van der Waals surface area contributed by atoms with Crippen LogP contribution in [0.2, 0.25) is 0 Å². The molecule has 4 amide bonds. The number of nitrogens with zero attached hydrogens (tertiary/aromatic N) is 5. The monoisotopic (exact) mass is 814 g/mol. The molecule has 6 atom stereocenters. The van der Waals surface area contributed by atoms with Crippen molar-refractivity contribution in [3.8, 4) is 5.75 Å². The van der Waals surface area contributed by atoms with E-state index in [-0.39, 0.29) is 37.4 Å². The van der Waals surface area contributed by atoms with Crippen molar-refractivity contribution in [3.05, 3.63) is 156 Å². The molecule has 0 radical (unpaired) electrons. The maximum atomic E-state index is 15.4. The summed E-state index contributed by atoms with van der Waals surface area (Å²) in [6.45, 7) is 1.94. The number of aliphatic hydroxyl groups is 1. The van der Waals surface area contributed by atoms with Crippen LogP contribution in [0.1, 0.15) is 35.4 Å². The van der Waals surface area contributed by atoms with Crippen LogP contribution in [0.4, 0.5) is 28.4 Å². The zero-order valence-electron chi connectivity index (χ0n) is 34.1. The van der Waals surface area contributed by atoms with Crippen molar-refractivity contribution < 1.29 is 29.0 Å². The first kappa shape index (κ1) is 39.5. The summed E-state index contributed by atoms with van der Waals surface area (Å²) in [5, 5.41) is 19.3. The Labute approximate surface area is 354 Å². The van der Waals surface area contributed by atoms with Gasteiger partial charge in [-0.25, -0.2) is 0 Å². The van der Waals surface area contributed by atoms with Gasteiger partial charge in [0.2, 0.25) is 11.8 Å². The Morgan fingerprint density at radius 1 is 0.770 bits per heavy atom. The zero-order valence-corrected chi connectivity index (χ0v) is 34.1. The highest BCUT2D eigenvalue weighted by Crippen LogP contribution is 2.64. The minimum atomic E-state index is -1.39. The summed E-state index contributed by atoms with van der Waals surface area (Å²) in [6.07, 6.45) is 2.53. The van der Waals surface area contributed by atoms with Gasteiger partial charge in [0.05, 0.1) is 52.5 Å². The lowest BCUT2D eigenvalue weighted by Gasteiger charge is -2.50. The maximum absolute atomic E-state index is 15.4. The Kier molecular flexibility index (Phi) is 10.3. The molecule has 61 heavy (non-hydrogen) atoms. The number of anilines is 3. The van der Waals surface area contributed by atoms with Crippen molar-refractivity contribution in [2.45, 2.75) is 31.1 Å². The molecule has 2 heterocycles. The number of azo groups is 1. The quantitative estimate of drug-likeness (QED) is 0.0775. The number of amides is 4. The van der Waals surface area contributed by atoms with E-state index >= 15 is 4.79 Å². The van der Waals surface area contributed by atoms with Crippen molar-refractivity contribution in [2.24, 2.45) is 33.9 Å². The third kappa shape index (κ3) is 6.77. The molecule has 2 aliphatic heterocycles. The summed E-state index contributed by atoms with van der Waals surface area (Å²) in [7, 11) is 3.94. The van der Waals surface area contributed by atoms with Gasteiger partial charge in [-0.3, -0.25) is 29.5 Å². The molecule has 6 unspecified atom stereocenters. The predicted octanol–water partition coefficient (Wildman–Crippen LogP) is 8.04. The molecule has 2 saturated heterocycles. The van der Waals surface area contributed by atoms with Gasteiger partial charge in [-0.15, -0.1) is 0 Å². The molecular weight excluding hydrogens is 769 g/mol. The first-order valence-electron chi connectivity index (χ1n) is 20.6. The standard InChI is InChI=1S/C49H46N6O6/c1-30-9-13-35(14-10-30)52-55-46(58)42-29-41-39(44(31-11-23-38(24-12-31)61-28-27-56)49(42,48(55)60)32-7-5-4-6-8-32)25-26-40-43(41)47(59)54(45(40)57)37-21-17-34(18-22-37)51-50-33-15-19-36(20-16-33)53(2)3/h4-25,40-44,52,56H,26-29H2,1-3H3. The number of hydrogen-bond acceptors (Lipinski definition) is 10. The number of hydrogen-bond donors (Lipinski definition) is 2. The van der Waals surface area contributed by atoms with Crippen LogP contribution in [0.3, 0.4) is 0 Å². The van der Waals surface area contributed by atoms with E-state index in [0.717, 1.165) is 27.4 Å². The molecule has 9 rings (SSSR count). The fourth-order valence-corrected chi connectivity index (χ4v) is 9.90. The lowest BCUT2D eigenvalue weighted by atomic mass is 9.49. The molecule has 12 heteroatoms. The summed E-state index contributed by atoms with van der Waals surface area (Å²) in [5.74, 6) is -4.31. The average molecular weight is 815 g/mol. The molecule has 0 aromatic heterocycles. The van der Waals surface area contributed by atoms with Gasteiger partial charge in [-0.2, -0.15) is 15.2 Å². The summed E-state index contributed by atoms with van der Waals surface area (Å²) in [4.78, 5) is 62.8. The molecule has 2 aliphatic carbocycles. The van der Waals surface area contributed by atoms with Gasteiger partial charge in [-0.05, 0) is 110 Å². The molecule has 12 nitrogen and oxygen atoms in total. The molecule has 0 bridgehead atoms. The number of imide groups is 2. The number of aryl methyl sites for hydroxylation is 1. The summed E-state index contributed by atoms with van der Waals surface area (Å²) >= 11 is 0. The molecule has 5 aromatic carbocycles. The molecule has 2 N–H and O–H groups in total. The number of carbonyl (C=O) groups is 4. The fourth-order valence-electron chi connectivity index (χ4n) is 9.90. The summed E-state index contributed by atoms with van der Waals surface area (Å²) in [6, 6.07) is 38.9. The number of fused-ring (bicyclic) bond motifs is 4. The van der Waals surface area contributed by atoms with Crippen molar-refractivity contribution in [2.75, 3.05) is 42.5 Å². The van der Waals surface area contributed by atoms with Crippen LogP contribution < -0.4 is 20.0 Å². The highest BCUT2D eigenvalue weighted by Gasteiger charge is 2.70. The Morgan fingerprint density at radius 3 is 2.07 bits per heavy atom. The van der Waals surface area contributed by atoms with Crippen molar-refractivity contribution in [3.63, 3.8) is 0 Å². The molecule has 308 valence electrons. The van der Waals surface area contributed by atoms with Crippen LogP contribution in [0.25, 0.3) is 0 Å². The Balaban J connectivity index is 1.09. The van der Waals surface area contributed by atoms with Gasteiger partial charge < -0.3 is 14.7 Å². The lowest BCUT2D eigenvalue weighted by molar-refractivity contribution is -0.138. The van der Waals surface area contributed by atoms with Crippen molar-refractivity contribution in [1.29, 1.82) is 0 Å². The van der Waals surface area contributed by atoms with Crippen LogP contribution in [-0.2, 0) is 24.6 Å². The molecule has 1 saturated carbocycles. The molecule has 3 fully saturated rings. The third-order valence-electron chi connectivity index (χ3n) is 12.7. The van der Waals surface area contributed by atoms with Crippen LogP contribution in [0, 0.1) is 30.6 Å². The molecule has 5 aromatic rings. The highest BCUT2D eigenvalue weighted by atomic mass is 16.5. The van der Waals surface area contributed by atoms with E-state index < -0.39 is 40.9 Å². The van der Waals surface area contributed by atoms with Crippen molar-refractivity contribution in [1.82, 2.24) is 5.01 Å². The Bertz CT molecular complexity index is 2540. The number of benzene rings is 5. The average Bonchev–Trinajstić information content (AvgIpc) is 3.66. The topological polar surface area (TPSA) is 144 Å². The fraction of sp³-hybridized carbons (Fsp3) is 0.265. The minimum Gasteiger partial charge on any atom is -0.491 e. The number of ether oxygens (including phenoxy) is 1. The van der Waals surface area contributed by atoms with Crippen LogP contribution in [-0.4, -0.2) is 61.1 Å². The predicted molar refractivity (Wildman–Crippen MR) is 232 cm³/mol. The van der Waals surface area contributed by atoms with E-state index in [4.69, 9.17) is 4.74 Å². The smallest absolute Gasteiger partial charge is 0.260 e. The second kappa shape index (κ2) is 15.9. The summed E-state index contributed by atoms with van der Waals surface area (Å²) < 4.78 is 5.72. The normalized spacial score (nSPS) is 24.4. The second-order valence-corrected chi connectivity index (χ2v) is 16.4. The number of carbonyl (C=O) groups excluding carboxylic acids is 4. The number of aliphatic hydroxyl groups excluding tert-OH is 1. The van der Waals surface area contributed by atoms with Crippen LogP contribution in [0.5, 0.6) is 5.75 Å². The van der Waals surface area contributed by atoms with Gasteiger partial charge >= 0.3 is 0 Å². The number of hydrazine groups is 1. The maximum Gasteiger partial charge on any atom is 0.260 e. The van der Waals surface area contributed by atoms with Gasteiger partial charge in [0.15, 0.2) is 0 Å². The molecular formula is C49H46N6O6. The van der Waals surface area contributed by atoms with E-state index in [0.29, 0.717) is 40.5 Å². The molecule has 0 spiro atoms. The first-order chi connectivity index (χ1) is 29.6. The van der Waals surface area contributed by atoms with Crippen molar-refractivity contribution >= 4 is 52.1 Å². The number of nitrogens with one attached hydrogen (secondary N) is 1. The number of allylic oxidation sites excluding steroid dienone is 2. The van der Waals surface area contributed by atoms with Gasteiger partial charge in [-0.1, -0.05) is 71.8 Å². The first-order valence-corrected chi connectivity index (χ1v) is 20.6. The number of rotatable bonds is 11. The SMILES string of the molecule is Cc1ccc(NN2C(=O)C3CC4C(=CCC5C(=O)N(c6ccc(N=Nc7ccc(N(C)C)cc7)cc6)C(=O)C54)C(c4ccc(OCCO)cc4)C3(c3ccccc3)C2=O)cc1. The second-order valence-electron chi connectivity index (χ2n) is 16.4. The van der Waals surface area contributed by atoms with Gasteiger partial charge in [0.25, 0.3) is 11.8 Å². The Morgan fingerprint density at radius 2 is 1.43 bits per heavy atom. The highest BCUT2D eigenvalue weighted by molar-refractivity contribution is 6.22. The van der Waals surface area contributed by atoms with E-state index in [1.165, 1.54) is 4.90 Å². The summed E-state index contributed by atoms with van der Waals surface area (Å²) in [5.41, 5.74) is 8.44. The third-order valence-corrected chi connectivity index (χ3v) is 12.7. The van der Waals surface area contributed by atoms with Crippen LogP contribution >= 0.6 is 0 Å². The van der Waals surface area contributed by atoms with Crippen LogP contribution in [0.15, 0.2) is 149 Å². The van der Waals surface area contributed by atoms with E-state index in [1.807, 2.05) is 123 Å². The van der Waals surface area contributed by atoms with E-state index in [9.17, 15) is 19.5 Å². The van der Waals surface area contributed by atoms with E-state index in [2.05, 4.69) is 15.7 Å². The molecule has 4 aliphatic rings. The van der Waals surface area contributed by atoms with Gasteiger partial charge in [0.1, 0.15) is 12.4 Å². The minimum absolute atomic E-state index is 0.118. The zero-order chi connectivity index (χ0) is 42.4.